The Kier molecular flexibility index (Phi) is 3.03. The number of hydrogen-bond acceptors (Lipinski definition) is 3. The molecule has 0 aliphatic rings. The second-order valence-corrected chi connectivity index (χ2v) is 6.57. The lowest BCUT2D eigenvalue weighted by Gasteiger charge is -2.09. The van der Waals surface area contributed by atoms with Crippen LogP contribution in [0, 0.1) is 0 Å². The van der Waals surface area contributed by atoms with E-state index in [1.165, 1.54) is 6.08 Å². The molecule has 3 aromatic rings. The van der Waals surface area contributed by atoms with Crippen LogP contribution in [0.25, 0.3) is 21.7 Å². The van der Waals surface area contributed by atoms with Gasteiger partial charge in [0, 0.05) is 17.0 Å². The van der Waals surface area contributed by atoms with Crippen molar-refractivity contribution in [1.82, 2.24) is 4.98 Å². The van der Waals surface area contributed by atoms with Crippen LogP contribution in [0.2, 0.25) is 0 Å². The van der Waals surface area contributed by atoms with Crippen molar-refractivity contribution < 1.29 is 8.42 Å². The second-order valence-electron chi connectivity index (χ2n) is 4.57. The average molecular weight is 283 g/mol. The summed E-state index contributed by atoms with van der Waals surface area (Å²) in [5.74, 6) is -0.0741. The standard InChI is InChI=1S/C16H13NO2S/c1-2-10-20(18,19)15-9-5-8-14-16(15)13-7-4-3-6-12(13)11-17-14/h2-9,11H,1,10H2. The molecule has 0 fully saturated rings. The fraction of sp³-hybridized carbons (Fsp3) is 0.0625. The lowest BCUT2D eigenvalue weighted by atomic mass is 10.1. The van der Waals surface area contributed by atoms with Crippen molar-refractivity contribution in [3.05, 3.63) is 61.3 Å². The van der Waals surface area contributed by atoms with Gasteiger partial charge in [0.2, 0.25) is 0 Å². The molecule has 3 rings (SSSR count). The van der Waals surface area contributed by atoms with Crippen LogP contribution in [0.1, 0.15) is 0 Å². The lowest BCUT2D eigenvalue weighted by Crippen LogP contribution is -2.05. The molecule has 0 aliphatic heterocycles. The zero-order chi connectivity index (χ0) is 14.2. The maximum absolute atomic E-state index is 12.4. The van der Waals surface area contributed by atoms with Crippen LogP contribution in [0.5, 0.6) is 0 Å². The van der Waals surface area contributed by atoms with Crippen LogP contribution >= 0.6 is 0 Å². The van der Waals surface area contributed by atoms with Gasteiger partial charge in [-0.05, 0) is 17.5 Å². The molecule has 0 unspecified atom stereocenters. The van der Waals surface area contributed by atoms with Gasteiger partial charge < -0.3 is 0 Å². The van der Waals surface area contributed by atoms with E-state index in [0.717, 1.165) is 10.8 Å². The maximum Gasteiger partial charge on any atom is 0.182 e. The van der Waals surface area contributed by atoms with Crippen LogP contribution < -0.4 is 0 Å². The number of pyridine rings is 1. The topological polar surface area (TPSA) is 47.0 Å². The summed E-state index contributed by atoms with van der Waals surface area (Å²) >= 11 is 0. The van der Waals surface area contributed by atoms with E-state index in [0.29, 0.717) is 15.8 Å². The first-order chi connectivity index (χ1) is 9.63. The molecule has 0 amide bonds. The van der Waals surface area contributed by atoms with Crippen LogP contribution in [-0.4, -0.2) is 19.2 Å². The largest absolute Gasteiger partial charge is 0.256 e. The second kappa shape index (κ2) is 4.72. The summed E-state index contributed by atoms with van der Waals surface area (Å²) < 4.78 is 24.8. The van der Waals surface area contributed by atoms with Gasteiger partial charge >= 0.3 is 0 Å². The normalized spacial score (nSPS) is 11.8. The van der Waals surface area contributed by atoms with E-state index < -0.39 is 9.84 Å². The Morgan fingerprint density at radius 3 is 2.70 bits per heavy atom. The van der Waals surface area contributed by atoms with Gasteiger partial charge in [-0.15, -0.1) is 6.58 Å². The number of sulfone groups is 1. The highest BCUT2D eigenvalue weighted by Crippen LogP contribution is 2.29. The quantitative estimate of drug-likeness (QED) is 0.547. The van der Waals surface area contributed by atoms with Gasteiger partial charge in [0.05, 0.1) is 16.2 Å². The molecule has 0 saturated heterocycles. The van der Waals surface area contributed by atoms with Gasteiger partial charge in [-0.3, -0.25) is 4.98 Å². The van der Waals surface area contributed by atoms with E-state index in [-0.39, 0.29) is 5.75 Å². The first kappa shape index (κ1) is 12.8. The molecule has 1 aromatic heterocycles. The van der Waals surface area contributed by atoms with E-state index >= 15 is 0 Å². The Labute approximate surface area is 117 Å². The van der Waals surface area contributed by atoms with Gasteiger partial charge in [0.15, 0.2) is 9.84 Å². The van der Waals surface area contributed by atoms with E-state index in [9.17, 15) is 8.42 Å². The van der Waals surface area contributed by atoms with Gasteiger partial charge in [-0.2, -0.15) is 0 Å². The number of hydrogen-bond donors (Lipinski definition) is 0. The van der Waals surface area contributed by atoms with Crippen molar-refractivity contribution in [2.75, 3.05) is 5.75 Å². The van der Waals surface area contributed by atoms with E-state index in [1.807, 2.05) is 30.3 Å². The Hall–Kier alpha value is -2.20. The van der Waals surface area contributed by atoms with E-state index in [2.05, 4.69) is 11.6 Å². The third kappa shape index (κ3) is 1.98. The molecule has 2 aromatic carbocycles. The summed E-state index contributed by atoms with van der Waals surface area (Å²) in [7, 11) is -3.39. The third-order valence-corrected chi connectivity index (χ3v) is 4.93. The average Bonchev–Trinajstić information content (AvgIpc) is 2.46. The Balaban J connectivity index is 2.50. The lowest BCUT2D eigenvalue weighted by molar-refractivity contribution is 0.600. The molecule has 3 nitrogen and oxygen atoms in total. The minimum absolute atomic E-state index is 0.0741. The molecule has 0 N–H and O–H groups in total. The Bertz CT molecular complexity index is 914. The predicted octanol–water partition coefficient (Wildman–Crippen LogP) is 3.35. The summed E-state index contributed by atoms with van der Waals surface area (Å²) in [4.78, 5) is 4.67. The van der Waals surface area contributed by atoms with Gasteiger partial charge in [-0.25, -0.2) is 8.42 Å². The van der Waals surface area contributed by atoms with Crippen LogP contribution in [0.15, 0.2) is 66.2 Å². The zero-order valence-electron chi connectivity index (χ0n) is 10.8. The van der Waals surface area contributed by atoms with Crippen molar-refractivity contribution in [1.29, 1.82) is 0 Å². The van der Waals surface area contributed by atoms with Crippen molar-refractivity contribution in [3.8, 4) is 0 Å². The van der Waals surface area contributed by atoms with Crippen LogP contribution in [0.4, 0.5) is 0 Å². The maximum atomic E-state index is 12.4. The van der Waals surface area contributed by atoms with Gasteiger partial charge in [-0.1, -0.05) is 36.4 Å². The highest BCUT2D eigenvalue weighted by atomic mass is 32.2. The Morgan fingerprint density at radius 2 is 1.90 bits per heavy atom. The summed E-state index contributed by atoms with van der Waals surface area (Å²) in [5, 5.41) is 2.52. The minimum atomic E-state index is -3.39. The monoisotopic (exact) mass is 283 g/mol. The number of aromatic nitrogens is 1. The molecule has 0 spiro atoms. The number of rotatable bonds is 3. The molecule has 0 saturated carbocycles. The molecule has 20 heavy (non-hydrogen) atoms. The van der Waals surface area contributed by atoms with Crippen molar-refractivity contribution in [2.24, 2.45) is 0 Å². The number of fused-ring (bicyclic) bond motifs is 3. The van der Waals surface area contributed by atoms with E-state index in [1.54, 1.807) is 18.3 Å². The van der Waals surface area contributed by atoms with Crippen molar-refractivity contribution >= 4 is 31.5 Å². The number of nitrogens with zero attached hydrogens (tertiary/aromatic N) is 1. The fourth-order valence-corrected chi connectivity index (χ4v) is 3.68. The summed E-state index contributed by atoms with van der Waals surface area (Å²) in [6.07, 6.45) is 3.17. The molecule has 0 aliphatic carbocycles. The molecular formula is C16H13NO2S. The summed E-state index contributed by atoms with van der Waals surface area (Å²) in [6.45, 7) is 3.52. The predicted molar refractivity (Wildman–Crippen MR) is 81.5 cm³/mol. The van der Waals surface area contributed by atoms with Crippen molar-refractivity contribution in [3.63, 3.8) is 0 Å². The molecule has 1 heterocycles. The highest BCUT2D eigenvalue weighted by molar-refractivity contribution is 7.91. The van der Waals surface area contributed by atoms with Crippen molar-refractivity contribution in [2.45, 2.75) is 4.90 Å². The smallest absolute Gasteiger partial charge is 0.182 e. The molecular weight excluding hydrogens is 270 g/mol. The van der Waals surface area contributed by atoms with Gasteiger partial charge in [0.1, 0.15) is 0 Å². The Morgan fingerprint density at radius 1 is 1.10 bits per heavy atom. The van der Waals surface area contributed by atoms with Gasteiger partial charge in [0.25, 0.3) is 0 Å². The third-order valence-electron chi connectivity index (χ3n) is 3.25. The zero-order valence-corrected chi connectivity index (χ0v) is 11.6. The molecule has 0 bridgehead atoms. The molecule has 100 valence electrons. The SMILES string of the molecule is C=CCS(=O)(=O)c1cccc2ncc3ccccc3c12. The fourth-order valence-electron chi connectivity index (χ4n) is 2.38. The summed E-state index contributed by atoms with van der Waals surface area (Å²) in [5.41, 5.74) is 0.689. The summed E-state index contributed by atoms with van der Waals surface area (Å²) in [6, 6.07) is 12.9. The first-order valence-electron chi connectivity index (χ1n) is 6.23. The molecule has 4 heteroatoms. The molecule has 0 atom stereocenters. The minimum Gasteiger partial charge on any atom is -0.256 e. The highest BCUT2D eigenvalue weighted by Gasteiger charge is 2.17. The van der Waals surface area contributed by atoms with Crippen LogP contribution in [-0.2, 0) is 9.84 Å². The van der Waals surface area contributed by atoms with Crippen LogP contribution in [0.3, 0.4) is 0 Å². The number of benzene rings is 2. The first-order valence-corrected chi connectivity index (χ1v) is 7.89. The molecule has 0 radical (unpaired) electrons. The van der Waals surface area contributed by atoms with E-state index in [4.69, 9.17) is 0 Å².